The molecule has 1 aromatic heterocycles. The van der Waals surface area contributed by atoms with Crippen molar-refractivity contribution in [1.29, 1.82) is 0 Å². The highest BCUT2D eigenvalue weighted by molar-refractivity contribution is 7.99. The first-order valence-corrected chi connectivity index (χ1v) is 12.3. The van der Waals surface area contributed by atoms with Crippen molar-refractivity contribution in [1.82, 2.24) is 14.9 Å². The number of hydrogen-bond donors (Lipinski definition) is 1. The van der Waals surface area contributed by atoms with E-state index in [1.54, 1.807) is 14.0 Å². The minimum Gasteiger partial charge on any atom is -0.495 e. The Morgan fingerprint density at radius 1 is 1.09 bits per heavy atom. The second kappa shape index (κ2) is 10.8. The first-order chi connectivity index (χ1) is 16.5. The number of aryl methyl sites for hydroxylation is 1. The van der Waals surface area contributed by atoms with E-state index >= 15 is 0 Å². The number of nitrogens with one attached hydrogen (secondary N) is 1. The van der Waals surface area contributed by atoms with E-state index in [1.165, 1.54) is 17.3 Å². The summed E-state index contributed by atoms with van der Waals surface area (Å²) >= 11 is 1.50. The molecule has 1 saturated heterocycles. The number of benzene rings is 2. The van der Waals surface area contributed by atoms with Gasteiger partial charge >= 0.3 is 0 Å². The van der Waals surface area contributed by atoms with Crippen molar-refractivity contribution < 1.29 is 9.53 Å². The molecular weight excluding hydrogens is 448 g/mol. The van der Waals surface area contributed by atoms with E-state index in [0.29, 0.717) is 42.6 Å². The molecule has 1 amide bonds. The smallest absolute Gasteiger partial charge is 0.255 e. The molecule has 8 heteroatoms. The summed E-state index contributed by atoms with van der Waals surface area (Å²) in [6, 6.07) is 18.0. The van der Waals surface area contributed by atoms with Gasteiger partial charge in [0.2, 0.25) is 5.91 Å². The van der Waals surface area contributed by atoms with Crippen molar-refractivity contribution in [3.05, 3.63) is 81.8 Å². The summed E-state index contributed by atoms with van der Waals surface area (Å²) in [5.41, 5.74) is 3.00. The molecule has 0 bridgehead atoms. The summed E-state index contributed by atoms with van der Waals surface area (Å²) in [7, 11) is 1.67. The Balaban J connectivity index is 1.38. The Bertz CT molecular complexity index is 1190. The highest BCUT2D eigenvalue weighted by atomic mass is 32.2. The fraction of sp³-hybridized carbons (Fsp3) is 0.346. The van der Waals surface area contributed by atoms with Crippen molar-refractivity contribution in [2.75, 3.05) is 38.2 Å². The normalized spacial score (nSPS) is 14.7. The summed E-state index contributed by atoms with van der Waals surface area (Å²) < 4.78 is 5.47. The number of ether oxygens (including phenoxy) is 1. The monoisotopic (exact) mass is 478 g/mol. The molecule has 4 rings (SSSR count). The van der Waals surface area contributed by atoms with E-state index in [-0.39, 0.29) is 23.1 Å². The number of amides is 1. The van der Waals surface area contributed by atoms with E-state index in [1.807, 2.05) is 47.4 Å². The first-order valence-electron chi connectivity index (χ1n) is 11.4. The largest absolute Gasteiger partial charge is 0.495 e. The maximum atomic E-state index is 13.0. The second-order valence-electron chi connectivity index (χ2n) is 8.32. The van der Waals surface area contributed by atoms with Crippen LogP contribution in [0.1, 0.15) is 29.0 Å². The summed E-state index contributed by atoms with van der Waals surface area (Å²) in [6.45, 7) is 6.51. The van der Waals surface area contributed by atoms with E-state index in [0.717, 1.165) is 11.4 Å². The van der Waals surface area contributed by atoms with Crippen LogP contribution in [0.3, 0.4) is 0 Å². The van der Waals surface area contributed by atoms with Crippen molar-refractivity contribution in [3.63, 3.8) is 0 Å². The van der Waals surface area contributed by atoms with E-state index in [9.17, 15) is 9.59 Å². The molecule has 1 aliphatic rings. The summed E-state index contributed by atoms with van der Waals surface area (Å²) in [5.74, 6) is 0.781. The summed E-state index contributed by atoms with van der Waals surface area (Å²) in [4.78, 5) is 37.3. The summed E-state index contributed by atoms with van der Waals surface area (Å²) in [5, 5.41) is 0.719. The molecule has 178 valence electrons. The number of anilines is 1. The number of rotatable bonds is 7. The molecule has 0 radical (unpaired) electrons. The van der Waals surface area contributed by atoms with Crippen LogP contribution in [0.2, 0.25) is 0 Å². The molecule has 1 fully saturated rings. The van der Waals surface area contributed by atoms with Crippen LogP contribution in [-0.2, 0) is 11.2 Å². The van der Waals surface area contributed by atoms with Gasteiger partial charge in [0.1, 0.15) is 5.75 Å². The fourth-order valence-electron chi connectivity index (χ4n) is 4.16. The predicted octanol–water partition coefficient (Wildman–Crippen LogP) is 3.83. The standard InChI is InChI=1S/C26H30N4O3S/c1-18-21(25(32)28-26(27-18)34-19(2)20-9-5-4-6-10-20)17-24(31)30-15-13-29(14-16-30)22-11-7-8-12-23(22)33-3/h4-12,19H,13-17H2,1-3H3,(H,27,28,32). The third kappa shape index (κ3) is 5.44. The minimum absolute atomic E-state index is 0.0480. The minimum atomic E-state index is -0.240. The average Bonchev–Trinajstić information content (AvgIpc) is 2.86. The van der Waals surface area contributed by atoms with Crippen molar-refractivity contribution in [3.8, 4) is 5.75 Å². The third-order valence-corrected chi connectivity index (χ3v) is 7.19. The topological polar surface area (TPSA) is 78.5 Å². The van der Waals surface area contributed by atoms with Gasteiger partial charge < -0.3 is 19.5 Å². The molecule has 1 unspecified atom stereocenters. The van der Waals surface area contributed by atoms with Gasteiger partial charge in [-0.15, -0.1) is 0 Å². The number of methoxy groups -OCH3 is 1. The van der Waals surface area contributed by atoms with E-state index in [2.05, 4.69) is 33.9 Å². The molecule has 0 saturated carbocycles. The number of carbonyl (C=O) groups is 1. The first kappa shape index (κ1) is 23.9. The zero-order valence-corrected chi connectivity index (χ0v) is 20.6. The van der Waals surface area contributed by atoms with Crippen LogP contribution in [0.4, 0.5) is 5.69 Å². The lowest BCUT2D eigenvalue weighted by molar-refractivity contribution is -0.130. The Kier molecular flexibility index (Phi) is 7.57. The SMILES string of the molecule is COc1ccccc1N1CCN(C(=O)Cc2c(C)nc(SC(C)c3ccccc3)[nH]c2=O)CC1. The zero-order valence-electron chi connectivity index (χ0n) is 19.8. The number of hydrogen-bond acceptors (Lipinski definition) is 6. The highest BCUT2D eigenvalue weighted by Gasteiger charge is 2.24. The van der Waals surface area contributed by atoms with Gasteiger partial charge in [0, 0.05) is 42.7 Å². The third-order valence-electron chi connectivity index (χ3n) is 6.14. The van der Waals surface area contributed by atoms with Gasteiger partial charge in [-0.1, -0.05) is 54.2 Å². The van der Waals surface area contributed by atoms with Gasteiger partial charge in [-0.25, -0.2) is 4.98 Å². The molecule has 2 heterocycles. The van der Waals surface area contributed by atoms with Crippen LogP contribution >= 0.6 is 11.8 Å². The molecule has 2 aromatic carbocycles. The van der Waals surface area contributed by atoms with Crippen molar-refractivity contribution >= 4 is 23.4 Å². The van der Waals surface area contributed by atoms with Crippen molar-refractivity contribution in [2.45, 2.75) is 30.7 Å². The number of H-pyrrole nitrogens is 1. The lowest BCUT2D eigenvalue weighted by Gasteiger charge is -2.36. The lowest BCUT2D eigenvalue weighted by Crippen LogP contribution is -2.49. The van der Waals surface area contributed by atoms with Gasteiger partial charge in [0.25, 0.3) is 5.56 Å². The number of piperazine rings is 1. The van der Waals surface area contributed by atoms with Gasteiger partial charge in [-0.2, -0.15) is 0 Å². The molecule has 0 aliphatic carbocycles. The molecule has 1 aliphatic heterocycles. The van der Waals surface area contributed by atoms with Crippen LogP contribution < -0.4 is 15.2 Å². The number of thioether (sulfide) groups is 1. The number of aromatic nitrogens is 2. The molecule has 34 heavy (non-hydrogen) atoms. The van der Waals surface area contributed by atoms with Gasteiger partial charge in [-0.3, -0.25) is 9.59 Å². The predicted molar refractivity (Wildman–Crippen MR) is 136 cm³/mol. The van der Waals surface area contributed by atoms with Crippen LogP contribution in [0.15, 0.2) is 64.5 Å². The number of carbonyl (C=O) groups excluding carboxylic acids is 1. The molecule has 7 nitrogen and oxygen atoms in total. The highest BCUT2D eigenvalue weighted by Crippen LogP contribution is 2.32. The van der Waals surface area contributed by atoms with Gasteiger partial charge in [0.15, 0.2) is 5.16 Å². The van der Waals surface area contributed by atoms with Crippen LogP contribution in [0.25, 0.3) is 0 Å². The Labute approximate surface area is 204 Å². The Morgan fingerprint density at radius 3 is 2.44 bits per heavy atom. The molecule has 1 N–H and O–H groups in total. The van der Waals surface area contributed by atoms with Crippen LogP contribution in [-0.4, -0.2) is 54.1 Å². The zero-order chi connectivity index (χ0) is 24.1. The average molecular weight is 479 g/mol. The van der Waals surface area contributed by atoms with E-state index < -0.39 is 0 Å². The molecule has 0 spiro atoms. The van der Waals surface area contributed by atoms with E-state index in [4.69, 9.17) is 4.74 Å². The maximum absolute atomic E-state index is 13.0. The molecule has 3 aromatic rings. The number of nitrogens with zero attached hydrogens (tertiary/aromatic N) is 3. The molecule has 1 atom stereocenters. The Hall–Kier alpha value is -3.26. The fourth-order valence-corrected chi connectivity index (χ4v) is 5.13. The summed E-state index contributed by atoms with van der Waals surface area (Å²) in [6.07, 6.45) is 0.0575. The number of aromatic amines is 1. The maximum Gasteiger partial charge on any atom is 0.255 e. The quantitative estimate of drug-likeness (QED) is 0.411. The second-order valence-corrected chi connectivity index (χ2v) is 9.65. The van der Waals surface area contributed by atoms with Crippen LogP contribution in [0, 0.1) is 6.92 Å². The molecular formula is C26H30N4O3S. The van der Waals surface area contributed by atoms with Crippen LogP contribution in [0.5, 0.6) is 5.75 Å². The van der Waals surface area contributed by atoms with Gasteiger partial charge in [0.05, 0.1) is 19.2 Å². The lowest BCUT2D eigenvalue weighted by atomic mass is 10.1. The number of para-hydroxylation sites is 2. The van der Waals surface area contributed by atoms with Crippen molar-refractivity contribution in [2.24, 2.45) is 0 Å². The van der Waals surface area contributed by atoms with Gasteiger partial charge in [-0.05, 0) is 31.5 Å². The Morgan fingerprint density at radius 2 is 1.76 bits per heavy atom.